The highest BCUT2D eigenvalue weighted by Crippen LogP contribution is 2.31. The third-order valence-corrected chi connectivity index (χ3v) is 2.72. The first-order valence-electron chi connectivity index (χ1n) is 4.11. The number of hydrogen-bond acceptors (Lipinski definition) is 2. The Bertz CT molecular complexity index is 165. The predicted octanol–water partition coefficient (Wildman–Crippen LogP) is 2.46. The Balaban J connectivity index is 2.30. The van der Waals surface area contributed by atoms with E-state index in [0.29, 0.717) is 0 Å². The minimum Gasteiger partial charge on any atom is -0.298 e. The van der Waals surface area contributed by atoms with Gasteiger partial charge in [0.15, 0.2) is 5.78 Å². The summed E-state index contributed by atoms with van der Waals surface area (Å²) < 4.78 is 3.87. The zero-order valence-corrected chi connectivity index (χ0v) is 7.84. The minimum atomic E-state index is -0.100. The van der Waals surface area contributed by atoms with Crippen LogP contribution >= 0.6 is 9.03 Å². The number of hydrogen-bond donors (Lipinski definition) is 0. The summed E-state index contributed by atoms with van der Waals surface area (Å²) in [4.78, 5) is 10.9. The van der Waals surface area contributed by atoms with Crippen molar-refractivity contribution in [1.29, 1.82) is 0 Å². The van der Waals surface area contributed by atoms with E-state index in [1.165, 1.54) is 19.3 Å². The highest BCUT2D eigenvalue weighted by atomic mass is 31.0. The van der Waals surface area contributed by atoms with Crippen LogP contribution in [0, 0.1) is 5.92 Å². The van der Waals surface area contributed by atoms with E-state index in [9.17, 15) is 4.79 Å². The van der Waals surface area contributed by atoms with E-state index in [1.807, 2.05) is 0 Å². The number of rotatable bonds is 4. The number of Topliss-reactive ketones (excluding diaryl/α,β-unsaturated/α-hetero) is 1. The van der Waals surface area contributed by atoms with Gasteiger partial charge in [-0.15, -0.1) is 0 Å². The molecule has 1 aliphatic rings. The van der Waals surface area contributed by atoms with Gasteiger partial charge in [0.05, 0.1) is 0 Å². The summed E-state index contributed by atoms with van der Waals surface area (Å²) in [6.07, 6.45) is 4.84. The molecule has 0 aliphatic heterocycles. The molecule has 1 saturated carbocycles. The third-order valence-electron chi connectivity index (χ3n) is 2.41. The van der Waals surface area contributed by atoms with Gasteiger partial charge in [0, 0.05) is 0 Å². The Morgan fingerprint density at radius 3 is 2.64 bits per heavy atom. The van der Waals surface area contributed by atoms with Crippen LogP contribution in [-0.2, 0) is 4.79 Å². The molecule has 0 heterocycles. The molecule has 62 valence electrons. The van der Waals surface area contributed by atoms with Crippen molar-refractivity contribution >= 4 is 14.8 Å². The van der Waals surface area contributed by atoms with Crippen molar-refractivity contribution in [2.45, 2.75) is 38.6 Å². The van der Waals surface area contributed by atoms with Crippen LogP contribution in [0.4, 0.5) is 0 Å². The van der Waals surface area contributed by atoms with Crippen molar-refractivity contribution in [1.82, 2.24) is 0 Å². The first kappa shape index (κ1) is 8.86. The molecule has 3 heteroatoms. The molecule has 1 unspecified atom stereocenters. The molecule has 0 spiro atoms. The molecule has 0 aromatic carbocycles. The van der Waals surface area contributed by atoms with Gasteiger partial charge in [0.1, 0.15) is 6.04 Å². The van der Waals surface area contributed by atoms with Crippen molar-refractivity contribution in [2.75, 3.05) is 0 Å². The minimum absolute atomic E-state index is 0.100. The van der Waals surface area contributed by atoms with Crippen LogP contribution in [0.5, 0.6) is 0 Å². The number of carbonyl (C=O) groups excluding carboxylic acids is 1. The Kier molecular flexibility index (Phi) is 3.19. The van der Waals surface area contributed by atoms with E-state index >= 15 is 0 Å². The van der Waals surface area contributed by atoms with Gasteiger partial charge in [-0.2, -0.15) is 0 Å². The average Bonchev–Trinajstić information content (AvgIpc) is 1.85. The maximum Gasteiger partial charge on any atom is 0.154 e. The first-order chi connectivity index (χ1) is 5.24. The van der Waals surface area contributed by atoms with E-state index in [2.05, 4.69) is 13.8 Å². The molecule has 1 atom stereocenters. The summed E-state index contributed by atoms with van der Waals surface area (Å²) in [5, 5.41) is 0. The molecule has 1 aliphatic carbocycles. The highest BCUT2D eigenvalue weighted by Gasteiger charge is 2.23. The zero-order chi connectivity index (χ0) is 8.27. The average molecular weight is 171 g/mol. The molecule has 0 bridgehead atoms. The highest BCUT2D eigenvalue weighted by molar-refractivity contribution is 7.04. The monoisotopic (exact) mass is 171 g/mol. The van der Waals surface area contributed by atoms with Crippen molar-refractivity contribution in [2.24, 2.45) is 10.7 Å². The Morgan fingerprint density at radius 2 is 2.36 bits per heavy atom. The zero-order valence-electron chi connectivity index (χ0n) is 6.84. The lowest BCUT2D eigenvalue weighted by atomic mass is 9.80. The molecule has 0 saturated heterocycles. The fourth-order valence-corrected chi connectivity index (χ4v) is 1.64. The Hall–Kier alpha value is -0.230. The Morgan fingerprint density at radius 1 is 1.73 bits per heavy atom. The number of carbonyl (C=O) groups is 1. The van der Waals surface area contributed by atoms with Gasteiger partial charge in [-0.05, 0) is 28.3 Å². The molecular weight excluding hydrogens is 157 g/mol. The summed E-state index contributed by atoms with van der Waals surface area (Å²) >= 11 is 0. The predicted molar refractivity (Wildman–Crippen MR) is 47.2 cm³/mol. The van der Waals surface area contributed by atoms with Crippen LogP contribution in [-0.4, -0.2) is 11.8 Å². The van der Waals surface area contributed by atoms with Gasteiger partial charge >= 0.3 is 0 Å². The summed E-state index contributed by atoms with van der Waals surface area (Å²) in [7, 11) is 3.05. The molecule has 0 aromatic heterocycles. The molecule has 1 fully saturated rings. The van der Waals surface area contributed by atoms with Gasteiger partial charge in [0.25, 0.3) is 0 Å². The molecule has 1 rings (SSSR count). The van der Waals surface area contributed by atoms with E-state index in [1.54, 1.807) is 6.92 Å². The van der Waals surface area contributed by atoms with Crippen molar-refractivity contribution in [3.05, 3.63) is 0 Å². The smallest absolute Gasteiger partial charge is 0.154 e. The Labute approximate surface area is 69.7 Å². The summed E-state index contributed by atoms with van der Waals surface area (Å²) in [5.74, 6) is 0.927. The van der Waals surface area contributed by atoms with Crippen LogP contribution in [0.2, 0.25) is 0 Å². The topological polar surface area (TPSA) is 29.4 Å². The van der Waals surface area contributed by atoms with E-state index < -0.39 is 0 Å². The third kappa shape index (κ3) is 2.37. The van der Waals surface area contributed by atoms with Crippen molar-refractivity contribution in [3.8, 4) is 0 Å². The molecule has 0 aromatic rings. The normalized spacial score (nSPS) is 20.5. The number of ketones is 1. The quantitative estimate of drug-likeness (QED) is 0.597. The van der Waals surface area contributed by atoms with Gasteiger partial charge in [0.2, 0.25) is 0 Å². The lowest BCUT2D eigenvalue weighted by Gasteiger charge is -2.26. The van der Waals surface area contributed by atoms with Gasteiger partial charge < -0.3 is 0 Å². The van der Waals surface area contributed by atoms with Gasteiger partial charge in [-0.1, -0.05) is 19.3 Å². The molecule has 0 N–H and O–H groups in total. The van der Waals surface area contributed by atoms with Crippen LogP contribution in [0.15, 0.2) is 4.74 Å². The van der Waals surface area contributed by atoms with Gasteiger partial charge in [-0.3, -0.25) is 9.54 Å². The van der Waals surface area contributed by atoms with Crippen LogP contribution in [0.25, 0.3) is 0 Å². The van der Waals surface area contributed by atoms with Crippen LogP contribution in [0.1, 0.15) is 32.6 Å². The molecule has 2 nitrogen and oxygen atoms in total. The standard InChI is InChI=1S/C8H14NOP/c1-6(10)8(9-11)5-7-3-2-4-7/h7-8,11H,2-5H2,1H3. The summed E-state index contributed by atoms with van der Waals surface area (Å²) in [6, 6.07) is -0.100. The lowest BCUT2D eigenvalue weighted by Crippen LogP contribution is -2.22. The molecule has 0 amide bonds. The maximum atomic E-state index is 10.9. The molecular formula is C8H14NOP. The largest absolute Gasteiger partial charge is 0.298 e. The van der Waals surface area contributed by atoms with E-state index in [-0.39, 0.29) is 11.8 Å². The SMILES string of the molecule is CC(=O)C(CC1CCC1)N=P. The fourth-order valence-electron chi connectivity index (χ4n) is 1.35. The second-order valence-electron chi connectivity index (χ2n) is 3.29. The second-order valence-corrected chi connectivity index (χ2v) is 3.55. The van der Waals surface area contributed by atoms with Gasteiger partial charge in [-0.25, -0.2) is 0 Å². The van der Waals surface area contributed by atoms with E-state index in [4.69, 9.17) is 0 Å². The molecule has 11 heavy (non-hydrogen) atoms. The lowest BCUT2D eigenvalue weighted by molar-refractivity contribution is -0.118. The van der Waals surface area contributed by atoms with E-state index in [0.717, 1.165) is 12.3 Å². The van der Waals surface area contributed by atoms with Crippen LogP contribution in [0.3, 0.4) is 0 Å². The second kappa shape index (κ2) is 3.96. The van der Waals surface area contributed by atoms with Crippen molar-refractivity contribution < 1.29 is 4.79 Å². The fraction of sp³-hybridized carbons (Fsp3) is 0.875. The van der Waals surface area contributed by atoms with Crippen LogP contribution < -0.4 is 0 Å². The summed E-state index contributed by atoms with van der Waals surface area (Å²) in [6.45, 7) is 1.60. The first-order valence-corrected chi connectivity index (χ1v) is 4.55. The number of nitrogens with zero attached hydrogens (tertiary/aromatic N) is 1. The maximum absolute atomic E-state index is 10.9. The van der Waals surface area contributed by atoms with Crippen molar-refractivity contribution in [3.63, 3.8) is 0 Å². The summed E-state index contributed by atoms with van der Waals surface area (Å²) in [5.41, 5.74) is 0. The molecule has 0 radical (unpaired) electrons.